The summed E-state index contributed by atoms with van der Waals surface area (Å²) in [6, 6.07) is 0. The molecule has 0 saturated heterocycles. The zero-order chi connectivity index (χ0) is 15.4. The summed E-state index contributed by atoms with van der Waals surface area (Å²) in [5.41, 5.74) is 0.0335. The number of carbonyl (C=O) groups is 2. The molecule has 0 bridgehead atoms. The number of hydrogen-bond acceptors (Lipinski definition) is 9. The molecule has 112 valence electrons. The topological polar surface area (TPSA) is 107 Å². The Morgan fingerprint density at radius 2 is 2.14 bits per heavy atom. The second-order valence-electron chi connectivity index (χ2n) is 4.16. The summed E-state index contributed by atoms with van der Waals surface area (Å²) in [7, 11) is 1.25. The highest BCUT2D eigenvalue weighted by Gasteiger charge is 2.21. The van der Waals surface area contributed by atoms with Crippen LogP contribution in [0, 0.1) is 6.92 Å². The molecule has 9 heteroatoms. The Morgan fingerprint density at radius 1 is 1.38 bits per heavy atom. The van der Waals surface area contributed by atoms with Crippen LogP contribution in [0.15, 0.2) is 4.52 Å². The number of nitrogens with zero attached hydrogens (tertiary/aromatic N) is 3. The fraction of sp³-hybridized carbons (Fsp3) is 0.417. The monoisotopic (exact) mass is 310 g/mol. The van der Waals surface area contributed by atoms with Gasteiger partial charge >= 0.3 is 5.97 Å². The predicted molar refractivity (Wildman–Crippen MR) is 74.7 cm³/mol. The first kappa shape index (κ1) is 15.1. The summed E-state index contributed by atoms with van der Waals surface area (Å²) < 4.78 is 9.59. The molecule has 2 heterocycles. The van der Waals surface area contributed by atoms with E-state index in [-0.39, 0.29) is 16.4 Å². The van der Waals surface area contributed by atoms with E-state index >= 15 is 0 Å². The standard InChI is InChI=1S/C12H14N4O4S/c1-6(17)10-9(11(18)19-3)15-12(21-10)13-5-4-8-14-7(2)16-20-8/h4-5H2,1-3H3,(H,13,15). The molecule has 0 aliphatic carbocycles. The molecule has 0 atom stereocenters. The van der Waals surface area contributed by atoms with Crippen LogP contribution in [0.4, 0.5) is 5.13 Å². The number of hydrogen-bond donors (Lipinski definition) is 1. The molecule has 0 aromatic carbocycles. The van der Waals surface area contributed by atoms with Crippen LogP contribution in [0.5, 0.6) is 0 Å². The number of aryl methyl sites for hydroxylation is 1. The van der Waals surface area contributed by atoms with Gasteiger partial charge in [0.25, 0.3) is 0 Å². The number of aromatic nitrogens is 3. The molecule has 2 aromatic rings. The normalized spacial score (nSPS) is 10.4. The Balaban J connectivity index is 2.03. The smallest absolute Gasteiger partial charge is 0.358 e. The van der Waals surface area contributed by atoms with Crippen molar-refractivity contribution in [1.29, 1.82) is 0 Å². The van der Waals surface area contributed by atoms with Gasteiger partial charge in [-0.1, -0.05) is 16.5 Å². The number of ketones is 1. The highest BCUT2D eigenvalue weighted by atomic mass is 32.1. The van der Waals surface area contributed by atoms with E-state index < -0.39 is 5.97 Å². The molecule has 0 aliphatic heterocycles. The van der Waals surface area contributed by atoms with E-state index in [0.717, 1.165) is 11.3 Å². The summed E-state index contributed by atoms with van der Waals surface area (Å²) in [6.45, 7) is 3.61. The Morgan fingerprint density at radius 3 is 2.71 bits per heavy atom. The van der Waals surface area contributed by atoms with E-state index in [9.17, 15) is 9.59 Å². The van der Waals surface area contributed by atoms with Crippen LogP contribution in [0.2, 0.25) is 0 Å². The molecular weight excluding hydrogens is 296 g/mol. The largest absolute Gasteiger partial charge is 0.464 e. The highest BCUT2D eigenvalue weighted by molar-refractivity contribution is 7.17. The molecule has 0 amide bonds. The van der Waals surface area contributed by atoms with Crippen LogP contribution in [-0.4, -0.2) is 40.5 Å². The maximum Gasteiger partial charge on any atom is 0.358 e. The van der Waals surface area contributed by atoms with E-state index in [4.69, 9.17) is 4.52 Å². The average molecular weight is 310 g/mol. The lowest BCUT2D eigenvalue weighted by atomic mass is 10.3. The highest BCUT2D eigenvalue weighted by Crippen LogP contribution is 2.24. The molecule has 0 unspecified atom stereocenters. The van der Waals surface area contributed by atoms with Crippen LogP contribution in [0.1, 0.15) is 38.8 Å². The number of carbonyl (C=O) groups excluding carboxylic acids is 2. The number of rotatable bonds is 6. The van der Waals surface area contributed by atoms with Gasteiger partial charge in [-0.2, -0.15) is 4.98 Å². The first-order chi connectivity index (χ1) is 10.0. The maximum absolute atomic E-state index is 11.6. The van der Waals surface area contributed by atoms with Crippen molar-refractivity contribution in [1.82, 2.24) is 15.1 Å². The van der Waals surface area contributed by atoms with Crippen molar-refractivity contribution in [3.05, 3.63) is 22.3 Å². The van der Waals surface area contributed by atoms with Gasteiger partial charge in [0.2, 0.25) is 5.89 Å². The van der Waals surface area contributed by atoms with Crippen LogP contribution in [0.25, 0.3) is 0 Å². The quantitative estimate of drug-likeness (QED) is 0.631. The van der Waals surface area contributed by atoms with E-state index in [1.807, 2.05) is 0 Å². The van der Waals surface area contributed by atoms with E-state index in [1.165, 1.54) is 14.0 Å². The number of methoxy groups -OCH3 is 1. The van der Waals surface area contributed by atoms with Crippen molar-refractivity contribution < 1.29 is 18.8 Å². The van der Waals surface area contributed by atoms with Crippen molar-refractivity contribution in [3.8, 4) is 0 Å². The molecule has 0 saturated carbocycles. The number of ether oxygens (including phenoxy) is 1. The van der Waals surface area contributed by atoms with Gasteiger partial charge < -0.3 is 14.6 Å². The molecule has 0 radical (unpaired) electrons. The molecule has 21 heavy (non-hydrogen) atoms. The lowest BCUT2D eigenvalue weighted by Crippen LogP contribution is -2.08. The number of nitrogens with one attached hydrogen (secondary N) is 1. The third-order valence-electron chi connectivity index (χ3n) is 2.51. The number of Topliss-reactive ketones (excluding diaryl/α,β-unsaturated/α-hetero) is 1. The van der Waals surface area contributed by atoms with Gasteiger partial charge in [0, 0.05) is 19.9 Å². The summed E-state index contributed by atoms with van der Waals surface area (Å²) in [4.78, 5) is 31.5. The first-order valence-corrected chi connectivity index (χ1v) is 6.96. The molecule has 2 aromatic heterocycles. The van der Waals surface area contributed by atoms with Gasteiger partial charge in [-0.3, -0.25) is 4.79 Å². The Hall–Kier alpha value is -2.29. The van der Waals surface area contributed by atoms with Gasteiger partial charge in [-0.05, 0) is 6.92 Å². The molecule has 0 aliphatic rings. The van der Waals surface area contributed by atoms with E-state index in [2.05, 4.69) is 25.2 Å². The van der Waals surface area contributed by atoms with Crippen molar-refractivity contribution >= 4 is 28.2 Å². The lowest BCUT2D eigenvalue weighted by Gasteiger charge is -1.98. The van der Waals surface area contributed by atoms with Crippen LogP contribution >= 0.6 is 11.3 Å². The minimum atomic E-state index is -0.628. The SMILES string of the molecule is COC(=O)c1nc(NCCc2nc(C)no2)sc1C(C)=O. The number of anilines is 1. The molecule has 0 spiro atoms. The van der Waals surface area contributed by atoms with Crippen LogP contribution < -0.4 is 5.32 Å². The maximum atomic E-state index is 11.6. The molecule has 0 fully saturated rings. The fourth-order valence-corrected chi connectivity index (χ4v) is 2.46. The van der Waals surface area contributed by atoms with Crippen molar-refractivity contribution in [2.24, 2.45) is 0 Å². The molecule has 2 rings (SSSR count). The van der Waals surface area contributed by atoms with Gasteiger partial charge in [0.05, 0.1) is 7.11 Å². The number of thiazole rings is 1. The van der Waals surface area contributed by atoms with Crippen molar-refractivity contribution in [2.45, 2.75) is 20.3 Å². The summed E-state index contributed by atoms with van der Waals surface area (Å²) >= 11 is 1.11. The number of esters is 1. The van der Waals surface area contributed by atoms with E-state index in [0.29, 0.717) is 29.8 Å². The van der Waals surface area contributed by atoms with Crippen molar-refractivity contribution in [3.63, 3.8) is 0 Å². The molecular formula is C12H14N4O4S. The fourth-order valence-electron chi connectivity index (χ4n) is 1.59. The summed E-state index contributed by atoms with van der Waals surface area (Å²) in [5.74, 6) is 0.230. The first-order valence-electron chi connectivity index (χ1n) is 6.14. The van der Waals surface area contributed by atoms with Crippen LogP contribution in [0.3, 0.4) is 0 Å². The molecule has 8 nitrogen and oxygen atoms in total. The zero-order valence-electron chi connectivity index (χ0n) is 11.8. The Kier molecular flexibility index (Phi) is 4.63. The molecule has 1 N–H and O–H groups in total. The second-order valence-corrected chi connectivity index (χ2v) is 5.16. The summed E-state index contributed by atoms with van der Waals surface area (Å²) in [6.07, 6.45) is 0.517. The van der Waals surface area contributed by atoms with Gasteiger partial charge in [-0.25, -0.2) is 9.78 Å². The lowest BCUT2D eigenvalue weighted by molar-refractivity contribution is 0.0591. The summed E-state index contributed by atoms with van der Waals surface area (Å²) in [5, 5.41) is 7.17. The van der Waals surface area contributed by atoms with E-state index in [1.54, 1.807) is 6.92 Å². The van der Waals surface area contributed by atoms with Gasteiger partial charge in [0.15, 0.2) is 22.4 Å². The third-order valence-corrected chi connectivity index (χ3v) is 3.62. The van der Waals surface area contributed by atoms with Gasteiger partial charge in [-0.15, -0.1) is 0 Å². The third kappa shape index (κ3) is 3.63. The second kappa shape index (κ2) is 6.44. The zero-order valence-corrected chi connectivity index (χ0v) is 12.6. The van der Waals surface area contributed by atoms with Crippen molar-refractivity contribution in [2.75, 3.05) is 19.0 Å². The minimum Gasteiger partial charge on any atom is -0.464 e. The van der Waals surface area contributed by atoms with Crippen LogP contribution in [-0.2, 0) is 11.2 Å². The average Bonchev–Trinajstić information content (AvgIpc) is 3.05. The van der Waals surface area contributed by atoms with Gasteiger partial charge in [0.1, 0.15) is 4.88 Å². The Bertz CT molecular complexity index is 664. The Labute approximate surface area is 124 Å². The predicted octanol–water partition coefficient (Wildman–Crippen LogP) is 1.48. The minimum absolute atomic E-state index is 0.0335.